The molecule has 0 aromatic carbocycles. The number of hydrogen-bond acceptors (Lipinski definition) is 16. The van der Waals surface area contributed by atoms with Gasteiger partial charge in [-0.2, -0.15) is 0 Å². The second kappa shape index (κ2) is 34.9. The highest BCUT2D eigenvalue weighted by Gasteiger charge is 2.44. The molecule has 57 heavy (non-hydrogen) atoms. The Morgan fingerprint density at radius 3 is 1.37 bits per heavy atom. The molecule has 4 unspecified atom stereocenters. The number of methoxy groups -OCH3 is 4. The molecule has 0 radical (unpaired) electrons. The minimum Gasteiger partial charge on any atom is -0.382 e. The fourth-order valence-corrected chi connectivity index (χ4v) is 5.29. The molecule has 1 aliphatic heterocycles. The Morgan fingerprint density at radius 1 is 0.596 bits per heavy atom. The van der Waals surface area contributed by atoms with Gasteiger partial charge in [0, 0.05) is 61.0 Å². The van der Waals surface area contributed by atoms with Gasteiger partial charge in [-0.1, -0.05) is 20.8 Å². The van der Waals surface area contributed by atoms with Crippen molar-refractivity contribution in [1.82, 2.24) is 10.2 Å². The van der Waals surface area contributed by atoms with Crippen LogP contribution in [-0.4, -0.2) is 208 Å². The minimum atomic E-state index is -0.388. The predicted molar refractivity (Wildman–Crippen MR) is 208 cm³/mol. The van der Waals surface area contributed by atoms with E-state index in [4.69, 9.17) is 61.6 Å². The molecule has 1 fully saturated rings. The summed E-state index contributed by atoms with van der Waals surface area (Å²) < 4.78 is 72.5. The quantitative estimate of drug-likeness (QED) is 0.0685. The van der Waals surface area contributed by atoms with E-state index in [0.29, 0.717) is 125 Å². The van der Waals surface area contributed by atoms with Gasteiger partial charge >= 0.3 is 0 Å². The van der Waals surface area contributed by atoms with Gasteiger partial charge in [0.05, 0.1) is 125 Å². The lowest BCUT2D eigenvalue weighted by Gasteiger charge is -2.24. The summed E-state index contributed by atoms with van der Waals surface area (Å²) in [5, 5.41) is 2.84. The summed E-state index contributed by atoms with van der Waals surface area (Å²) in [6.45, 7) is 13.5. The zero-order chi connectivity index (χ0) is 42.0. The number of carbonyl (C=O) groups excluding carboxylic acids is 3. The van der Waals surface area contributed by atoms with Crippen molar-refractivity contribution < 1.29 is 76.0 Å². The topological polar surface area (TPSA) is 186 Å². The average molecular weight is 827 g/mol. The Morgan fingerprint density at radius 2 is 0.965 bits per heavy atom. The molecule has 0 aliphatic carbocycles. The third-order valence-electron chi connectivity index (χ3n) is 8.56. The number of imide groups is 1. The van der Waals surface area contributed by atoms with Crippen molar-refractivity contribution in [2.75, 3.05) is 167 Å². The number of carbonyl (C=O) groups is 3. The van der Waals surface area contributed by atoms with Crippen molar-refractivity contribution in [3.05, 3.63) is 0 Å². The van der Waals surface area contributed by atoms with E-state index in [9.17, 15) is 14.4 Å². The average Bonchev–Trinajstić information content (AvgIpc) is 3.48. The molecule has 3 amide bonds. The standard InChI is InChI=1S/C39H74N2O16/c1-39(2,3)35-25-37(43)41(38(35)44)11-9-36(42)40-10-8-12-49-26-32(57-24-21-54-31-34(56-23-16-48-7)28-51-18-14-46-5)29-52-19-20-53-30-33(55-22-15-47-6)27-50-17-13-45-4/h32-35H,8-31H2,1-7H3,(H,40,42). The molecule has 0 aromatic rings. The zero-order valence-electron chi connectivity index (χ0n) is 35.8. The molecule has 336 valence electrons. The summed E-state index contributed by atoms with van der Waals surface area (Å²) in [6, 6.07) is 0. The van der Waals surface area contributed by atoms with Crippen LogP contribution in [0.1, 0.15) is 40.0 Å². The fraction of sp³-hybridized carbons (Fsp3) is 0.923. The third kappa shape index (κ3) is 27.5. The maximum atomic E-state index is 12.7. The normalized spacial score (nSPS) is 16.4. The van der Waals surface area contributed by atoms with Gasteiger partial charge in [0.1, 0.15) is 18.3 Å². The van der Waals surface area contributed by atoms with Crippen molar-refractivity contribution in [2.45, 2.75) is 58.3 Å². The van der Waals surface area contributed by atoms with Crippen LogP contribution in [0.3, 0.4) is 0 Å². The van der Waals surface area contributed by atoms with Crippen LogP contribution in [0.2, 0.25) is 0 Å². The first kappa shape index (κ1) is 53.1. The van der Waals surface area contributed by atoms with Gasteiger partial charge in [-0.25, -0.2) is 0 Å². The molecule has 0 saturated carbocycles. The molecule has 4 atom stereocenters. The SMILES string of the molecule is COCCOCC(COCCOCC(COCCCNC(=O)CCN1C(=O)CC(C(C)(C)C)C1=O)OCCOCC(COCCOC)OCCOC)OCCOC. The van der Waals surface area contributed by atoms with Crippen LogP contribution in [-0.2, 0) is 76.0 Å². The second-order valence-corrected chi connectivity index (χ2v) is 14.4. The largest absolute Gasteiger partial charge is 0.382 e. The van der Waals surface area contributed by atoms with Crippen molar-refractivity contribution in [1.29, 1.82) is 0 Å². The van der Waals surface area contributed by atoms with Crippen LogP contribution in [0.5, 0.6) is 0 Å². The van der Waals surface area contributed by atoms with Crippen molar-refractivity contribution in [3.8, 4) is 0 Å². The van der Waals surface area contributed by atoms with Crippen LogP contribution in [0.25, 0.3) is 0 Å². The molecule has 1 heterocycles. The van der Waals surface area contributed by atoms with Crippen LogP contribution in [0.4, 0.5) is 0 Å². The molecular formula is C39H74N2O16. The number of ether oxygens (including phenoxy) is 13. The van der Waals surface area contributed by atoms with Gasteiger partial charge < -0.3 is 66.9 Å². The lowest BCUT2D eigenvalue weighted by Crippen LogP contribution is -2.37. The first-order chi connectivity index (χ1) is 27.6. The Balaban J connectivity index is 2.50. The van der Waals surface area contributed by atoms with Gasteiger partial charge in [0.25, 0.3) is 0 Å². The third-order valence-corrected chi connectivity index (χ3v) is 8.56. The van der Waals surface area contributed by atoms with E-state index in [-0.39, 0.29) is 80.0 Å². The van der Waals surface area contributed by atoms with Crippen molar-refractivity contribution >= 4 is 17.7 Å². The van der Waals surface area contributed by atoms with Crippen LogP contribution >= 0.6 is 0 Å². The summed E-state index contributed by atoms with van der Waals surface area (Å²) in [4.78, 5) is 38.7. The minimum absolute atomic E-state index is 0.0543. The van der Waals surface area contributed by atoms with Crippen molar-refractivity contribution in [2.24, 2.45) is 11.3 Å². The van der Waals surface area contributed by atoms with E-state index in [0.717, 1.165) is 0 Å². The van der Waals surface area contributed by atoms with Crippen LogP contribution in [0, 0.1) is 11.3 Å². The van der Waals surface area contributed by atoms with E-state index in [1.807, 2.05) is 20.8 Å². The first-order valence-electron chi connectivity index (χ1n) is 19.9. The molecule has 1 saturated heterocycles. The van der Waals surface area contributed by atoms with Gasteiger partial charge in [-0.3, -0.25) is 19.3 Å². The monoisotopic (exact) mass is 827 g/mol. The molecule has 18 nitrogen and oxygen atoms in total. The number of hydrogen-bond donors (Lipinski definition) is 1. The summed E-state index contributed by atoms with van der Waals surface area (Å²) in [6.07, 6.45) is -0.116. The van der Waals surface area contributed by atoms with E-state index in [2.05, 4.69) is 5.32 Å². The molecule has 18 heteroatoms. The highest BCUT2D eigenvalue weighted by molar-refractivity contribution is 6.04. The van der Waals surface area contributed by atoms with Crippen molar-refractivity contribution in [3.63, 3.8) is 0 Å². The van der Waals surface area contributed by atoms with E-state index < -0.39 is 0 Å². The van der Waals surface area contributed by atoms with Gasteiger partial charge in [0.2, 0.25) is 17.7 Å². The van der Waals surface area contributed by atoms with Crippen LogP contribution in [0.15, 0.2) is 0 Å². The van der Waals surface area contributed by atoms with E-state index in [1.54, 1.807) is 28.4 Å². The Bertz CT molecular complexity index is 1000. The maximum absolute atomic E-state index is 12.7. The number of nitrogens with one attached hydrogen (secondary N) is 1. The Hall–Kier alpha value is -1.91. The number of nitrogens with zero attached hydrogens (tertiary/aromatic N) is 1. The molecule has 0 spiro atoms. The number of amides is 3. The second-order valence-electron chi connectivity index (χ2n) is 14.4. The molecule has 1 N–H and O–H groups in total. The summed E-state index contributed by atoms with van der Waals surface area (Å²) >= 11 is 0. The number of likely N-dealkylation sites (tertiary alicyclic amines) is 1. The molecule has 0 bridgehead atoms. The molecular weight excluding hydrogens is 752 g/mol. The van der Waals surface area contributed by atoms with Crippen LogP contribution < -0.4 is 5.32 Å². The van der Waals surface area contributed by atoms with Gasteiger partial charge in [0.15, 0.2) is 0 Å². The maximum Gasteiger partial charge on any atom is 0.233 e. The lowest BCUT2D eigenvalue weighted by molar-refractivity contribution is -0.140. The first-order valence-corrected chi connectivity index (χ1v) is 19.9. The highest BCUT2D eigenvalue weighted by Crippen LogP contribution is 2.35. The Labute approximate surface area is 340 Å². The number of rotatable bonds is 40. The summed E-state index contributed by atoms with van der Waals surface area (Å²) in [5.74, 6) is -1.02. The van der Waals surface area contributed by atoms with Gasteiger partial charge in [-0.05, 0) is 11.8 Å². The summed E-state index contributed by atoms with van der Waals surface area (Å²) in [7, 11) is 6.47. The smallest absolute Gasteiger partial charge is 0.233 e. The summed E-state index contributed by atoms with van der Waals surface area (Å²) in [5.41, 5.74) is -0.310. The Kier molecular flexibility index (Phi) is 32.5. The van der Waals surface area contributed by atoms with E-state index >= 15 is 0 Å². The molecule has 1 rings (SSSR count). The van der Waals surface area contributed by atoms with Gasteiger partial charge in [-0.15, -0.1) is 0 Å². The molecule has 1 aliphatic rings. The predicted octanol–water partition coefficient (Wildman–Crippen LogP) is 1.14. The highest BCUT2D eigenvalue weighted by atomic mass is 16.6. The molecule has 0 aromatic heterocycles. The fourth-order valence-electron chi connectivity index (χ4n) is 5.29. The van der Waals surface area contributed by atoms with E-state index in [1.165, 1.54) is 4.90 Å². The zero-order valence-corrected chi connectivity index (χ0v) is 35.8. The lowest BCUT2D eigenvalue weighted by atomic mass is 9.80.